The number of halogens is 7. The van der Waals surface area contributed by atoms with Gasteiger partial charge in [0.15, 0.2) is 34.7 Å². The molecule has 1 aliphatic rings. The van der Waals surface area contributed by atoms with Crippen LogP contribution < -0.4 is 5.32 Å². The van der Waals surface area contributed by atoms with E-state index < -0.39 is 46.8 Å². The lowest BCUT2D eigenvalue weighted by Gasteiger charge is -2.36. The zero-order chi connectivity index (χ0) is 34.8. The molecule has 3 atom stereocenters. The Morgan fingerprint density at radius 2 is 1.49 bits per heavy atom. The summed E-state index contributed by atoms with van der Waals surface area (Å²) in [7, 11) is 0. The van der Waals surface area contributed by atoms with Crippen molar-refractivity contribution in [3.63, 3.8) is 0 Å². The van der Waals surface area contributed by atoms with E-state index in [0.29, 0.717) is 23.7 Å². The van der Waals surface area contributed by atoms with Gasteiger partial charge in [0.1, 0.15) is 10.7 Å². The van der Waals surface area contributed by atoms with Crippen LogP contribution in [0.15, 0.2) is 79.1 Å². The van der Waals surface area contributed by atoms with Crippen molar-refractivity contribution in [3.05, 3.63) is 146 Å². The molecule has 1 aromatic heterocycles. The summed E-state index contributed by atoms with van der Waals surface area (Å²) in [5.41, 5.74) is 2.86. The van der Waals surface area contributed by atoms with E-state index in [0.717, 1.165) is 27.8 Å². The molecule has 5 aromatic rings. The van der Waals surface area contributed by atoms with Crippen molar-refractivity contribution < 1.29 is 41.3 Å². The van der Waals surface area contributed by atoms with E-state index in [-0.39, 0.29) is 30.5 Å². The summed E-state index contributed by atoms with van der Waals surface area (Å²) >= 11 is 12.4. The van der Waals surface area contributed by atoms with Gasteiger partial charge in [-0.2, -0.15) is 0 Å². The summed E-state index contributed by atoms with van der Waals surface area (Å²) in [5.74, 6) is -12.6. The summed E-state index contributed by atoms with van der Waals surface area (Å²) in [5, 5.41) is 12.1. The molecule has 0 bridgehead atoms. The number of hydrogen-bond donors (Lipinski definition) is 2. The number of nitrogens with zero attached hydrogens (tertiary/aromatic N) is 2. The molecule has 0 spiro atoms. The summed E-state index contributed by atoms with van der Waals surface area (Å²) in [4.78, 5) is 16.5. The van der Waals surface area contributed by atoms with Crippen molar-refractivity contribution in [2.45, 2.75) is 44.6 Å². The second-order valence-electron chi connectivity index (χ2n) is 11.3. The van der Waals surface area contributed by atoms with Gasteiger partial charge in [-0.3, -0.25) is 4.79 Å². The Hall–Kier alpha value is -4.33. The molecule has 1 amide bonds. The van der Waals surface area contributed by atoms with Gasteiger partial charge in [0.2, 0.25) is 5.82 Å². The molecule has 1 saturated heterocycles. The predicted octanol–water partition coefficient (Wildman–Crippen LogP) is 8.22. The average molecular weight is 719 g/mol. The smallest absolute Gasteiger partial charge is 0.257 e. The van der Waals surface area contributed by atoms with Gasteiger partial charge >= 0.3 is 0 Å². The third-order valence-electron chi connectivity index (χ3n) is 8.08. The SMILES string of the molecule is O=C(NCc1cccc(-c2ccc(C3OC(Cn4cnc(Cl)c4Cl)CC(c4ccc(CO)cc4)O3)cc2)c1)c1c(F)c(F)c(F)c(F)c1F. The van der Waals surface area contributed by atoms with Crippen molar-refractivity contribution in [1.82, 2.24) is 14.9 Å². The zero-order valence-corrected chi connectivity index (χ0v) is 26.8. The third kappa shape index (κ3) is 7.34. The van der Waals surface area contributed by atoms with Gasteiger partial charge in [-0.15, -0.1) is 0 Å². The first kappa shape index (κ1) is 34.5. The standard InChI is InChI=1S/C35H26Cl2F5N3O4/c36-32-33(37)45(17-44-32)15-24-13-25(21-6-4-18(16-46)5-7-21)49-35(48-24)22-10-8-20(9-11-22)23-3-1-2-19(12-23)14-43-34(47)26-27(38)29(40)31(42)30(41)28(26)39/h1-12,17,24-25,35,46H,13-16H2,(H,43,47). The highest BCUT2D eigenvalue weighted by molar-refractivity contribution is 6.40. The second kappa shape index (κ2) is 14.7. The number of aromatic nitrogens is 2. The highest BCUT2D eigenvalue weighted by Gasteiger charge is 2.33. The first-order chi connectivity index (χ1) is 23.5. The van der Waals surface area contributed by atoms with Gasteiger partial charge in [-0.25, -0.2) is 26.9 Å². The Labute approximate surface area is 286 Å². The minimum atomic E-state index is -2.34. The first-order valence-electron chi connectivity index (χ1n) is 14.9. The lowest BCUT2D eigenvalue weighted by molar-refractivity contribution is -0.252. The number of ether oxygens (including phenoxy) is 2. The number of imidazole rings is 1. The van der Waals surface area contributed by atoms with E-state index >= 15 is 0 Å². The predicted molar refractivity (Wildman–Crippen MR) is 170 cm³/mol. The number of carbonyl (C=O) groups is 1. The van der Waals surface area contributed by atoms with Crippen LogP contribution >= 0.6 is 23.2 Å². The number of benzene rings is 4. The number of aliphatic hydroxyl groups is 1. The van der Waals surface area contributed by atoms with Crippen molar-refractivity contribution in [2.24, 2.45) is 0 Å². The van der Waals surface area contributed by atoms with Gasteiger partial charge in [-0.05, 0) is 33.9 Å². The van der Waals surface area contributed by atoms with Gasteiger partial charge in [0, 0.05) is 18.5 Å². The molecular formula is C35H26Cl2F5N3O4. The van der Waals surface area contributed by atoms with Crippen LogP contribution in [-0.4, -0.2) is 26.7 Å². The number of amides is 1. The fraction of sp³-hybridized carbons (Fsp3) is 0.200. The van der Waals surface area contributed by atoms with Crippen LogP contribution in [0.3, 0.4) is 0 Å². The van der Waals surface area contributed by atoms with Gasteiger partial charge < -0.3 is 24.5 Å². The molecule has 49 heavy (non-hydrogen) atoms. The second-order valence-corrected chi connectivity index (χ2v) is 12.0. The molecule has 0 aliphatic carbocycles. The van der Waals surface area contributed by atoms with Crippen LogP contribution in [0.5, 0.6) is 0 Å². The minimum absolute atomic E-state index is 0.0810. The molecule has 0 radical (unpaired) electrons. The molecule has 2 N–H and O–H groups in total. The summed E-state index contributed by atoms with van der Waals surface area (Å²) in [6.45, 7) is 0.0416. The molecule has 6 rings (SSSR count). The van der Waals surface area contributed by atoms with Crippen LogP contribution in [0, 0.1) is 29.1 Å². The fourth-order valence-corrected chi connectivity index (χ4v) is 5.80. The molecule has 2 heterocycles. The Bertz CT molecular complexity index is 1960. The van der Waals surface area contributed by atoms with Crippen LogP contribution in [0.25, 0.3) is 11.1 Å². The first-order valence-corrected chi connectivity index (χ1v) is 15.6. The number of nitrogens with one attached hydrogen (secondary N) is 1. The number of rotatable bonds is 9. The van der Waals surface area contributed by atoms with E-state index in [1.807, 2.05) is 48.5 Å². The molecule has 0 saturated carbocycles. The molecule has 4 aromatic carbocycles. The Morgan fingerprint density at radius 1 is 0.837 bits per heavy atom. The zero-order valence-electron chi connectivity index (χ0n) is 25.3. The summed E-state index contributed by atoms with van der Waals surface area (Å²) in [6, 6.07) is 21.7. The van der Waals surface area contributed by atoms with Crippen LogP contribution in [0.2, 0.25) is 10.3 Å². The van der Waals surface area contributed by atoms with Crippen molar-refractivity contribution in [3.8, 4) is 11.1 Å². The van der Waals surface area contributed by atoms with Crippen molar-refractivity contribution in [2.75, 3.05) is 0 Å². The monoisotopic (exact) mass is 717 g/mol. The van der Waals surface area contributed by atoms with Gasteiger partial charge in [0.25, 0.3) is 5.91 Å². The molecule has 14 heteroatoms. The largest absolute Gasteiger partial charge is 0.392 e. The highest BCUT2D eigenvalue weighted by atomic mass is 35.5. The average Bonchev–Trinajstić information content (AvgIpc) is 3.44. The van der Waals surface area contributed by atoms with E-state index in [2.05, 4.69) is 10.3 Å². The third-order valence-corrected chi connectivity index (χ3v) is 8.85. The molecule has 7 nitrogen and oxygen atoms in total. The van der Waals surface area contributed by atoms with Crippen molar-refractivity contribution >= 4 is 29.1 Å². The van der Waals surface area contributed by atoms with E-state index in [1.165, 1.54) is 6.33 Å². The molecule has 1 aliphatic heterocycles. The molecule has 1 fully saturated rings. The lowest BCUT2D eigenvalue weighted by Crippen LogP contribution is -2.32. The summed E-state index contributed by atoms with van der Waals surface area (Å²) in [6.07, 6.45) is 0.617. The lowest BCUT2D eigenvalue weighted by atomic mass is 9.99. The number of hydrogen-bond acceptors (Lipinski definition) is 5. The fourth-order valence-electron chi connectivity index (χ4n) is 5.49. The Balaban J connectivity index is 1.18. The topological polar surface area (TPSA) is 85.6 Å². The van der Waals surface area contributed by atoms with Gasteiger partial charge in [0.05, 0.1) is 31.7 Å². The maximum Gasteiger partial charge on any atom is 0.257 e. The van der Waals surface area contributed by atoms with Crippen LogP contribution in [-0.2, 0) is 29.2 Å². The van der Waals surface area contributed by atoms with E-state index in [4.69, 9.17) is 32.7 Å². The Kier molecular flexibility index (Phi) is 10.3. The Morgan fingerprint density at radius 3 is 2.12 bits per heavy atom. The maximum atomic E-state index is 14.1. The van der Waals surface area contributed by atoms with E-state index in [9.17, 15) is 31.9 Å². The van der Waals surface area contributed by atoms with E-state index in [1.54, 1.807) is 28.8 Å². The van der Waals surface area contributed by atoms with Crippen molar-refractivity contribution in [1.29, 1.82) is 0 Å². The molecule has 3 unspecified atom stereocenters. The summed E-state index contributed by atoms with van der Waals surface area (Å²) < 4.78 is 83.2. The molecule has 254 valence electrons. The number of aliphatic hydroxyl groups excluding tert-OH is 1. The quantitative estimate of drug-likeness (QED) is 0.0912. The van der Waals surface area contributed by atoms with Crippen LogP contribution in [0.4, 0.5) is 22.0 Å². The maximum absolute atomic E-state index is 14.1. The highest BCUT2D eigenvalue weighted by Crippen LogP contribution is 2.39. The molecular weight excluding hydrogens is 692 g/mol. The normalized spacial score (nSPS) is 17.7. The van der Waals surface area contributed by atoms with Gasteiger partial charge in [-0.1, -0.05) is 89.9 Å². The minimum Gasteiger partial charge on any atom is -0.392 e. The number of carbonyl (C=O) groups excluding carboxylic acids is 1. The van der Waals surface area contributed by atoms with Crippen LogP contribution in [0.1, 0.15) is 51.4 Å².